The summed E-state index contributed by atoms with van der Waals surface area (Å²) in [6, 6.07) is 9.48. The number of benzene rings is 2. The minimum atomic E-state index is -1.61. The molecule has 0 saturated heterocycles. The zero-order valence-electron chi connectivity index (χ0n) is 22.1. The fraction of sp³-hybridized carbons (Fsp3) is 0.414. The summed E-state index contributed by atoms with van der Waals surface area (Å²) in [5.74, 6) is 5.65. The molecule has 0 aliphatic rings. The molecular weight excluding hydrogens is 473 g/mol. The average molecular weight is 510 g/mol. The number of aromatic amines is 1. The van der Waals surface area contributed by atoms with E-state index in [1.807, 2.05) is 25.8 Å². The number of halogens is 1. The first kappa shape index (κ1) is 28.2. The maximum atomic E-state index is 13.8. The number of amides is 1. The summed E-state index contributed by atoms with van der Waals surface area (Å²) < 4.78 is 19.5. The number of nitrogens with one attached hydrogen (secondary N) is 2. The third-order valence-electron chi connectivity index (χ3n) is 6.29. The smallest absolute Gasteiger partial charge is 0.257 e. The van der Waals surface area contributed by atoms with E-state index in [9.17, 15) is 19.4 Å². The molecule has 0 aliphatic carbocycles. The Balaban J connectivity index is 1.80. The van der Waals surface area contributed by atoms with Crippen LogP contribution >= 0.6 is 0 Å². The highest BCUT2D eigenvalue weighted by Gasteiger charge is 2.27. The van der Waals surface area contributed by atoms with Crippen LogP contribution in [0.25, 0.3) is 10.9 Å². The van der Waals surface area contributed by atoms with Crippen molar-refractivity contribution in [1.82, 2.24) is 15.2 Å². The van der Waals surface area contributed by atoms with Crippen molar-refractivity contribution in [3.05, 3.63) is 65.1 Å². The van der Waals surface area contributed by atoms with E-state index in [2.05, 4.69) is 22.1 Å². The van der Waals surface area contributed by atoms with Crippen molar-refractivity contribution in [2.45, 2.75) is 58.4 Å². The highest BCUT2D eigenvalue weighted by atomic mass is 19.1. The number of aromatic nitrogens is 1. The number of hydrogen-bond acceptors (Lipinski definition) is 5. The lowest BCUT2D eigenvalue weighted by molar-refractivity contribution is 0.0234. The molecule has 198 valence electrons. The first-order chi connectivity index (χ1) is 17.5. The van der Waals surface area contributed by atoms with Crippen LogP contribution < -0.4 is 10.1 Å². The molecule has 1 aromatic heterocycles. The van der Waals surface area contributed by atoms with Gasteiger partial charge in [-0.15, -0.1) is 0 Å². The van der Waals surface area contributed by atoms with Gasteiger partial charge in [0.05, 0.1) is 24.8 Å². The monoisotopic (exact) mass is 509 g/mol. The number of hydrogen-bond donors (Lipinski definition) is 4. The normalized spacial score (nSPS) is 14.5. The Kier molecular flexibility index (Phi) is 9.33. The van der Waals surface area contributed by atoms with E-state index in [0.717, 1.165) is 11.9 Å². The van der Waals surface area contributed by atoms with Crippen LogP contribution in [0.4, 0.5) is 4.39 Å². The van der Waals surface area contributed by atoms with Crippen molar-refractivity contribution in [3.8, 4) is 17.6 Å². The second-order valence-electron chi connectivity index (χ2n) is 9.67. The molecule has 0 saturated carbocycles. The SMILES string of the molecule is CCCOc1ccc(C#CCN(C)[C@H](C)[C@@H](C)O)cc1C(=O)NC(C)(O)Cc1c[nH]c2ccc(F)cc12. The molecule has 7 nitrogen and oxygen atoms in total. The van der Waals surface area contributed by atoms with Crippen molar-refractivity contribution >= 4 is 16.8 Å². The van der Waals surface area contributed by atoms with E-state index in [4.69, 9.17) is 4.74 Å². The molecule has 1 amide bonds. The first-order valence-electron chi connectivity index (χ1n) is 12.4. The highest BCUT2D eigenvalue weighted by molar-refractivity contribution is 5.97. The lowest BCUT2D eigenvalue weighted by Crippen LogP contribution is -2.47. The topological polar surface area (TPSA) is 97.8 Å². The average Bonchev–Trinajstić information content (AvgIpc) is 3.22. The number of likely N-dealkylation sites (N-methyl/N-ethyl adjacent to an activating group) is 1. The first-order valence-corrected chi connectivity index (χ1v) is 12.4. The molecule has 3 atom stereocenters. The van der Waals surface area contributed by atoms with Crippen molar-refractivity contribution in [2.75, 3.05) is 20.2 Å². The Bertz CT molecular complexity index is 1290. The van der Waals surface area contributed by atoms with Crippen LogP contribution in [0, 0.1) is 17.7 Å². The predicted octanol–water partition coefficient (Wildman–Crippen LogP) is 3.83. The standard InChI is InChI=1S/C29H36FN3O4/c1-6-14-37-27-12-9-21(8-7-13-33(5)19(2)20(3)34)15-25(27)28(35)32-29(4,36)17-22-18-31-26-11-10-23(30)16-24(22)26/h9-12,15-16,18-20,31,34,36H,6,13-14,17H2,1-5H3,(H,32,35)/t19-,20-,29?/m1/s1. The van der Waals surface area contributed by atoms with E-state index < -0.39 is 17.7 Å². The number of nitrogens with zero attached hydrogens (tertiary/aromatic N) is 1. The van der Waals surface area contributed by atoms with Gasteiger partial charge in [-0.1, -0.05) is 18.8 Å². The molecule has 3 aromatic rings. The Labute approximate surface area is 217 Å². The lowest BCUT2D eigenvalue weighted by atomic mass is 10.0. The quantitative estimate of drug-likeness (QED) is 0.246. The van der Waals surface area contributed by atoms with Crippen LogP contribution in [-0.2, 0) is 6.42 Å². The number of aliphatic hydroxyl groups is 2. The molecule has 0 spiro atoms. The highest BCUT2D eigenvalue weighted by Crippen LogP contribution is 2.25. The molecular formula is C29H36FN3O4. The van der Waals surface area contributed by atoms with E-state index >= 15 is 0 Å². The summed E-state index contributed by atoms with van der Waals surface area (Å²) in [6.45, 7) is 8.01. The second-order valence-corrected chi connectivity index (χ2v) is 9.67. The van der Waals surface area contributed by atoms with Crippen LogP contribution in [-0.4, -0.2) is 64.1 Å². The second kappa shape index (κ2) is 12.2. The summed E-state index contributed by atoms with van der Waals surface area (Å²) in [5, 5.41) is 24.1. The van der Waals surface area contributed by atoms with Crippen LogP contribution in [0.3, 0.4) is 0 Å². The van der Waals surface area contributed by atoms with E-state index in [0.29, 0.717) is 35.4 Å². The van der Waals surface area contributed by atoms with Crippen molar-refractivity contribution < 1.29 is 24.1 Å². The summed E-state index contributed by atoms with van der Waals surface area (Å²) in [6.07, 6.45) is 2.06. The molecule has 2 aromatic carbocycles. The van der Waals surface area contributed by atoms with Gasteiger partial charge in [0.1, 0.15) is 17.3 Å². The number of fused-ring (bicyclic) bond motifs is 1. The maximum Gasteiger partial charge on any atom is 0.257 e. The predicted molar refractivity (Wildman–Crippen MR) is 143 cm³/mol. The lowest BCUT2D eigenvalue weighted by Gasteiger charge is -2.25. The number of H-pyrrole nitrogens is 1. The zero-order valence-corrected chi connectivity index (χ0v) is 22.1. The molecule has 8 heteroatoms. The van der Waals surface area contributed by atoms with Crippen molar-refractivity contribution in [2.24, 2.45) is 0 Å². The summed E-state index contributed by atoms with van der Waals surface area (Å²) in [5.41, 5.74) is 0.697. The molecule has 0 aliphatic heterocycles. The maximum absolute atomic E-state index is 13.8. The summed E-state index contributed by atoms with van der Waals surface area (Å²) >= 11 is 0. The van der Waals surface area contributed by atoms with Gasteiger partial charge in [0.25, 0.3) is 5.91 Å². The van der Waals surface area contributed by atoms with Gasteiger partial charge in [-0.25, -0.2) is 4.39 Å². The molecule has 0 bridgehead atoms. The Morgan fingerprint density at radius 3 is 2.73 bits per heavy atom. The Hall–Kier alpha value is -3.38. The Morgan fingerprint density at radius 2 is 2.03 bits per heavy atom. The van der Waals surface area contributed by atoms with Gasteiger partial charge < -0.3 is 25.3 Å². The van der Waals surface area contributed by atoms with Gasteiger partial charge >= 0.3 is 0 Å². The van der Waals surface area contributed by atoms with E-state index in [-0.39, 0.29) is 23.8 Å². The molecule has 3 rings (SSSR count). The third-order valence-corrected chi connectivity index (χ3v) is 6.29. The fourth-order valence-corrected chi connectivity index (χ4v) is 3.93. The van der Waals surface area contributed by atoms with Crippen LogP contribution in [0.15, 0.2) is 42.6 Å². The van der Waals surface area contributed by atoms with Gasteiger partial charge in [-0.3, -0.25) is 9.69 Å². The third kappa shape index (κ3) is 7.56. The summed E-state index contributed by atoms with van der Waals surface area (Å²) in [7, 11) is 1.89. The molecule has 4 N–H and O–H groups in total. The van der Waals surface area contributed by atoms with Gasteiger partial charge in [0.2, 0.25) is 0 Å². The molecule has 1 heterocycles. The molecule has 0 fully saturated rings. The van der Waals surface area contributed by atoms with E-state index in [1.165, 1.54) is 19.1 Å². The molecule has 1 unspecified atom stereocenters. The Morgan fingerprint density at radius 1 is 1.27 bits per heavy atom. The van der Waals surface area contributed by atoms with E-state index in [1.54, 1.807) is 37.4 Å². The largest absolute Gasteiger partial charge is 0.493 e. The van der Waals surface area contributed by atoms with Gasteiger partial charge in [-0.05, 0) is 76.2 Å². The van der Waals surface area contributed by atoms with Crippen molar-refractivity contribution in [1.29, 1.82) is 0 Å². The molecule has 0 radical (unpaired) electrons. The van der Waals surface area contributed by atoms with Gasteiger partial charge in [0.15, 0.2) is 0 Å². The fourth-order valence-electron chi connectivity index (χ4n) is 3.93. The number of rotatable bonds is 10. The number of ether oxygens (including phenoxy) is 1. The van der Waals surface area contributed by atoms with Crippen LogP contribution in [0.5, 0.6) is 5.75 Å². The number of carbonyl (C=O) groups excluding carboxylic acids is 1. The van der Waals surface area contributed by atoms with Crippen molar-refractivity contribution in [3.63, 3.8) is 0 Å². The minimum Gasteiger partial charge on any atom is -0.493 e. The van der Waals surface area contributed by atoms with Gasteiger partial charge in [0, 0.05) is 35.1 Å². The summed E-state index contributed by atoms with van der Waals surface area (Å²) in [4.78, 5) is 18.3. The van der Waals surface area contributed by atoms with Crippen LogP contribution in [0.2, 0.25) is 0 Å². The van der Waals surface area contributed by atoms with Gasteiger partial charge in [-0.2, -0.15) is 0 Å². The number of carbonyl (C=O) groups is 1. The number of aliphatic hydroxyl groups excluding tert-OH is 1. The molecule has 37 heavy (non-hydrogen) atoms. The van der Waals surface area contributed by atoms with Crippen LogP contribution in [0.1, 0.15) is 55.6 Å². The minimum absolute atomic E-state index is 0.0451. The zero-order chi connectivity index (χ0) is 27.2.